The first-order valence-corrected chi connectivity index (χ1v) is 19.3. The van der Waals surface area contributed by atoms with Gasteiger partial charge < -0.3 is 34.1 Å². The van der Waals surface area contributed by atoms with Crippen LogP contribution in [0.1, 0.15) is 97.8 Å². The Morgan fingerprint density at radius 3 is 1.11 bits per heavy atom. The first-order chi connectivity index (χ1) is 21.6. The van der Waals surface area contributed by atoms with Crippen LogP contribution in [0.5, 0.6) is 0 Å². The van der Waals surface area contributed by atoms with Gasteiger partial charge in [-0.15, -0.1) is 0 Å². The topological polar surface area (TPSA) is 28.7 Å². The van der Waals surface area contributed by atoms with Gasteiger partial charge in [0.05, 0.1) is 13.2 Å². The van der Waals surface area contributed by atoms with Crippen LogP contribution in [0.3, 0.4) is 0 Å². The Bertz CT molecular complexity index is 542. The molecule has 45 heavy (non-hydrogen) atoms. The van der Waals surface area contributed by atoms with E-state index in [1.54, 1.807) is 0 Å². The highest BCUT2D eigenvalue weighted by molar-refractivity contribution is 4.71. The van der Waals surface area contributed by atoms with E-state index in [-0.39, 0.29) is 0 Å². The molecule has 1 unspecified atom stereocenters. The molecule has 6 fully saturated rings. The predicted octanol–water partition coefficient (Wildman–Crippen LogP) is 6.20. The number of hydrogen-bond donors (Lipinski definition) is 0. The van der Waals surface area contributed by atoms with Gasteiger partial charge in [-0.25, -0.2) is 0 Å². The van der Waals surface area contributed by atoms with Gasteiger partial charge in [0.2, 0.25) is 0 Å². The number of ether oxygens (including phenoxy) is 1. The van der Waals surface area contributed by atoms with Crippen LogP contribution in [0.25, 0.3) is 0 Å². The van der Waals surface area contributed by atoms with E-state index in [0.29, 0.717) is 0 Å². The number of morpholine rings is 1. The minimum absolute atomic E-state index is 0.913. The summed E-state index contributed by atoms with van der Waals surface area (Å²) in [5, 5.41) is 0. The molecule has 0 radical (unpaired) electrons. The zero-order chi connectivity index (χ0) is 33.3. The maximum atomic E-state index is 5.10. The second kappa shape index (κ2) is 27.6. The number of rotatable bonds is 1. The zero-order valence-electron chi connectivity index (χ0n) is 32.2. The first kappa shape index (κ1) is 42.7. The number of nitrogens with zero attached hydrogens (tertiary/aromatic N) is 6. The Kier molecular flexibility index (Phi) is 26.3. The second-order valence-electron chi connectivity index (χ2n) is 15.4. The molecule has 0 N–H and O–H groups in total. The van der Waals surface area contributed by atoms with E-state index in [2.05, 4.69) is 92.5 Å². The quantitative estimate of drug-likeness (QED) is 0.338. The molecule has 1 atom stereocenters. The molecule has 0 bridgehead atoms. The summed E-state index contributed by atoms with van der Waals surface area (Å²) < 4.78 is 5.10. The van der Waals surface area contributed by atoms with Crippen molar-refractivity contribution in [2.75, 3.05) is 134 Å². The van der Waals surface area contributed by atoms with Crippen molar-refractivity contribution >= 4 is 0 Å². The van der Waals surface area contributed by atoms with Crippen molar-refractivity contribution in [2.45, 2.75) is 97.8 Å². The molecule has 0 spiro atoms. The maximum Gasteiger partial charge on any atom is 0.0594 e. The van der Waals surface area contributed by atoms with Gasteiger partial charge in [0.1, 0.15) is 0 Å². The molecule has 6 aliphatic rings. The van der Waals surface area contributed by atoms with Gasteiger partial charge in [-0.1, -0.05) is 65.7 Å². The smallest absolute Gasteiger partial charge is 0.0594 e. The molecule has 0 aromatic rings. The zero-order valence-corrected chi connectivity index (χ0v) is 32.2. The lowest BCUT2D eigenvalue weighted by atomic mass is 9.91. The van der Waals surface area contributed by atoms with Gasteiger partial charge in [0, 0.05) is 45.8 Å². The van der Waals surface area contributed by atoms with E-state index in [9.17, 15) is 0 Å². The standard InChI is InChI=1S/2C7H15N.C7H14.C6H14N2.C6H13N.C5H11NO/c1-7-3-5-8(2)6-4-7;1-3-7-4-5-8(2)6-7;1-7-5-3-2-4-6-7;1-7-3-5-8(2)6-4-7;1-7-5-3-2-4-6-7;1-6-2-4-7-5-3-6/h2*7H,3-6H2,1-2H3;7H,2-6H2,1H3;3-6H2,1-2H3;2-6H2,1H3;2-5H2,1H3. The van der Waals surface area contributed by atoms with Gasteiger partial charge in [-0.2, -0.15) is 0 Å². The third-order valence-corrected chi connectivity index (χ3v) is 10.5. The summed E-state index contributed by atoms with van der Waals surface area (Å²) in [6.45, 7) is 23.8. The van der Waals surface area contributed by atoms with Crippen molar-refractivity contribution in [3.63, 3.8) is 0 Å². The molecule has 1 aliphatic carbocycles. The number of piperazine rings is 1. The molecule has 7 heteroatoms. The molecular weight excluding hydrogens is 556 g/mol. The molecule has 5 heterocycles. The molecular formula is C38H82N6O. The van der Waals surface area contributed by atoms with E-state index in [1.807, 2.05) is 0 Å². The van der Waals surface area contributed by atoms with E-state index in [1.165, 1.54) is 142 Å². The summed E-state index contributed by atoms with van der Waals surface area (Å²) in [7, 11) is 13.1. The SMILES string of the molecule is CC1CCCCC1.CC1CCN(C)CC1.CCC1CCN(C)C1.CN1CCCCC1.CN1CCN(C)CC1.CN1CCOCC1. The maximum absolute atomic E-state index is 5.10. The average molecular weight is 639 g/mol. The average Bonchev–Trinajstić information content (AvgIpc) is 3.48. The van der Waals surface area contributed by atoms with E-state index in [0.717, 1.165) is 44.1 Å². The van der Waals surface area contributed by atoms with Crippen molar-refractivity contribution in [3.05, 3.63) is 0 Å². The molecule has 0 aromatic heterocycles. The Morgan fingerprint density at radius 1 is 0.422 bits per heavy atom. The van der Waals surface area contributed by atoms with Crippen molar-refractivity contribution in [1.29, 1.82) is 0 Å². The molecule has 0 amide bonds. The summed E-state index contributed by atoms with van der Waals surface area (Å²) >= 11 is 0. The number of piperidine rings is 2. The fraction of sp³-hybridized carbons (Fsp3) is 1.00. The number of likely N-dealkylation sites (N-methyl/N-ethyl adjacent to an activating group) is 3. The fourth-order valence-electron chi connectivity index (χ4n) is 6.42. The molecule has 7 nitrogen and oxygen atoms in total. The van der Waals surface area contributed by atoms with Crippen LogP contribution >= 0.6 is 0 Å². The van der Waals surface area contributed by atoms with Crippen LogP contribution < -0.4 is 0 Å². The Labute approximate surface area is 283 Å². The fourth-order valence-corrected chi connectivity index (χ4v) is 6.42. The van der Waals surface area contributed by atoms with Gasteiger partial charge >= 0.3 is 0 Å². The van der Waals surface area contributed by atoms with Crippen molar-refractivity contribution in [3.8, 4) is 0 Å². The minimum atomic E-state index is 0.913. The van der Waals surface area contributed by atoms with Crippen LogP contribution in [-0.2, 0) is 4.74 Å². The monoisotopic (exact) mass is 639 g/mol. The van der Waals surface area contributed by atoms with Crippen LogP contribution in [0.2, 0.25) is 0 Å². The Morgan fingerprint density at radius 2 is 0.822 bits per heavy atom. The van der Waals surface area contributed by atoms with Gasteiger partial charge in [-0.05, 0) is 125 Å². The lowest BCUT2D eigenvalue weighted by Gasteiger charge is -2.28. The van der Waals surface area contributed by atoms with Gasteiger partial charge in [0.25, 0.3) is 0 Å². The lowest BCUT2D eigenvalue weighted by molar-refractivity contribution is 0.0503. The first-order valence-electron chi connectivity index (χ1n) is 19.3. The highest BCUT2D eigenvalue weighted by Crippen LogP contribution is 2.22. The second-order valence-corrected chi connectivity index (χ2v) is 15.4. The number of hydrogen-bond acceptors (Lipinski definition) is 7. The highest BCUT2D eigenvalue weighted by Gasteiger charge is 2.16. The highest BCUT2D eigenvalue weighted by atomic mass is 16.5. The summed E-state index contributed by atoms with van der Waals surface area (Å²) in [6.07, 6.45) is 17.3. The Hall–Kier alpha value is -0.280. The van der Waals surface area contributed by atoms with Crippen LogP contribution in [0, 0.1) is 17.8 Å². The Balaban J connectivity index is 0.000000270. The van der Waals surface area contributed by atoms with Crippen LogP contribution in [0.4, 0.5) is 0 Å². The van der Waals surface area contributed by atoms with E-state index in [4.69, 9.17) is 4.74 Å². The lowest BCUT2D eigenvalue weighted by Crippen LogP contribution is -2.42. The number of likely N-dealkylation sites (tertiary alicyclic amines) is 3. The van der Waals surface area contributed by atoms with Gasteiger partial charge in [0.15, 0.2) is 0 Å². The summed E-state index contributed by atoms with van der Waals surface area (Å²) in [4.78, 5) is 14.2. The third-order valence-electron chi connectivity index (χ3n) is 10.5. The molecule has 270 valence electrons. The largest absolute Gasteiger partial charge is 0.379 e. The summed E-state index contributed by atoms with van der Waals surface area (Å²) in [5.74, 6) is 3.01. The molecule has 0 aromatic carbocycles. The van der Waals surface area contributed by atoms with Crippen molar-refractivity contribution < 1.29 is 4.74 Å². The van der Waals surface area contributed by atoms with Crippen molar-refractivity contribution in [1.82, 2.24) is 29.4 Å². The molecule has 5 aliphatic heterocycles. The summed E-state index contributed by atoms with van der Waals surface area (Å²) in [6, 6.07) is 0. The normalized spacial score (nSPS) is 26.7. The summed E-state index contributed by atoms with van der Waals surface area (Å²) in [5.41, 5.74) is 0. The molecule has 5 saturated heterocycles. The van der Waals surface area contributed by atoms with Gasteiger partial charge in [-0.3, -0.25) is 0 Å². The predicted molar refractivity (Wildman–Crippen MR) is 199 cm³/mol. The molecule has 1 saturated carbocycles. The van der Waals surface area contributed by atoms with Crippen LogP contribution in [-0.4, -0.2) is 163 Å². The minimum Gasteiger partial charge on any atom is -0.379 e. The van der Waals surface area contributed by atoms with Crippen LogP contribution in [0.15, 0.2) is 0 Å². The molecule has 6 rings (SSSR count). The third kappa shape index (κ3) is 25.4. The van der Waals surface area contributed by atoms with E-state index >= 15 is 0 Å². The van der Waals surface area contributed by atoms with Crippen molar-refractivity contribution in [2.24, 2.45) is 17.8 Å². The van der Waals surface area contributed by atoms with E-state index < -0.39 is 0 Å².